The number of hydrogen-bond acceptors (Lipinski definition) is 3. The molecule has 3 aromatic rings. The van der Waals surface area contributed by atoms with Gasteiger partial charge in [0.1, 0.15) is 11.8 Å². The lowest BCUT2D eigenvalue weighted by Crippen LogP contribution is -2.34. The highest BCUT2D eigenvalue weighted by Crippen LogP contribution is 2.28. The second-order valence-electron chi connectivity index (χ2n) is 6.48. The van der Waals surface area contributed by atoms with Gasteiger partial charge >= 0.3 is 0 Å². The van der Waals surface area contributed by atoms with Gasteiger partial charge < -0.3 is 10.1 Å². The molecule has 2 N–H and O–H groups in total. The summed E-state index contributed by atoms with van der Waals surface area (Å²) < 4.78 is 5.17. The average molecular weight is 395 g/mol. The van der Waals surface area contributed by atoms with Crippen LogP contribution in [0.15, 0.2) is 78.9 Å². The number of halogens is 1. The molecule has 28 heavy (non-hydrogen) atoms. The monoisotopic (exact) mass is 394 g/mol. The van der Waals surface area contributed by atoms with Crippen LogP contribution in [0.5, 0.6) is 5.75 Å². The Kier molecular flexibility index (Phi) is 6.69. The standard InChI is InChI=1S/C23H23ClN2O2/c1-16(17-9-5-3-6-10-17)25-22(18-11-7-4-8-12-18)23(27)26-19-13-14-21(28-2)20(24)15-19/h3-16,22,25H,1-2H3,(H,26,27)/t16-,22-/m1/s1. The molecule has 0 spiro atoms. The Morgan fingerprint density at radius 2 is 1.54 bits per heavy atom. The van der Waals surface area contributed by atoms with Crippen LogP contribution in [0.25, 0.3) is 0 Å². The van der Waals surface area contributed by atoms with Crippen LogP contribution in [0.4, 0.5) is 5.69 Å². The largest absolute Gasteiger partial charge is 0.495 e. The number of carbonyl (C=O) groups is 1. The lowest BCUT2D eigenvalue weighted by Gasteiger charge is -2.24. The molecule has 144 valence electrons. The molecule has 3 aromatic carbocycles. The maximum atomic E-state index is 13.1. The van der Waals surface area contributed by atoms with Gasteiger partial charge in [0, 0.05) is 11.7 Å². The molecule has 0 fully saturated rings. The molecule has 0 heterocycles. The van der Waals surface area contributed by atoms with Gasteiger partial charge in [0.15, 0.2) is 0 Å². The number of benzene rings is 3. The van der Waals surface area contributed by atoms with Crippen LogP contribution in [-0.2, 0) is 4.79 Å². The van der Waals surface area contributed by atoms with Crippen LogP contribution in [0.1, 0.15) is 30.1 Å². The van der Waals surface area contributed by atoms with E-state index in [1.807, 2.05) is 67.6 Å². The van der Waals surface area contributed by atoms with Crippen molar-refractivity contribution >= 4 is 23.2 Å². The highest BCUT2D eigenvalue weighted by atomic mass is 35.5. The van der Waals surface area contributed by atoms with E-state index in [0.29, 0.717) is 16.5 Å². The van der Waals surface area contributed by atoms with Gasteiger partial charge in [0.25, 0.3) is 0 Å². The van der Waals surface area contributed by atoms with E-state index in [9.17, 15) is 4.79 Å². The van der Waals surface area contributed by atoms with E-state index >= 15 is 0 Å². The second-order valence-corrected chi connectivity index (χ2v) is 6.89. The molecular weight excluding hydrogens is 372 g/mol. The van der Waals surface area contributed by atoms with Gasteiger partial charge in [-0.2, -0.15) is 0 Å². The number of methoxy groups -OCH3 is 1. The number of hydrogen-bond donors (Lipinski definition) is 2. The zero-order valence-electron chi connectivity index (χ0n) is 15.9. The molecule has 0 radical (unpaired) electrons. The molecule has 0 aromatic heterocycles. The van der Waals surface area contributed by atoms with Gasteiger partial charge in [0.2, 0.25) is 5.91 Å². The summed E-state index contributed by atoms with van der Waals surface area (Å²) in [4.78, 5) is 13.1. The molecular formula is C23H23ClN2O2. The summed E-state index contributed by atoms with van der Waals surface area (Å²) in [5.74, 6) is 0.408. The molecule has 0 bridgehead atoms. The van der Waals surface area contributed by atoms with Crippen LogP contribution in [0.2, 0.25) is 5.02 Å². The first-order valence-corrected chi connectivity index (χ1v) is 9.46. The third kappa shape index (κ3) is 4.91. The van der Waals surface area contributed by atoms with Crippen molar-refractivity contribution in [2.45, 2.75) is 19.0 Å². The number of carbonyl (C=O) groups excluding carboxylic acids is 1. The van der Waals surface area contributed by atoms with E-state index in [2.05, 4.69) is 10.6 Å². The average Bonchev–Trinajstić information content (AvgIpc) is 2.73. The maximum absolute atomic E-state index is 13.1. The van der Waals surface area contributed by atoms with E-state index in [4.69, 9.17) is 16.3 Å². The minimum Gasteiger partial charge on any atom is -0.495 e. The van der Waals surface area contributed by atoms with Gasteiger partial charge in [-0.05, 0) is 36.2 Å². The van der Waals surface area contributed by atoms with Crippen molar-refractivity contribution in [3.05, 3.63) is 95.0 Å². The summed E-state index contributed by atoms with van der Waals surface area (Å²) in [6, 6.07) is 24.4. The molecule has 4 nitrogen and oxygen atoms in total. The highest BCUT2D eigenvalue weighted by molar-refractivity contribution is 6.32. The summed E-state index contributed by atoms with van der Waals surface area (Å²) in [5.41, 5.74) is 2.62. The van der Waals surface area contributed by atoms with Crippen LogP contribution >= 0.6 is 11.6 Å². The fraction of sp³-hybridized carbons (Fsp3) is 0.174. The molecule has 0 saturated heterocycles. The Morgan fingerprint density at radius 3 is 2.11 bits per heavy atom. The van der Waals surface area contributed by atoms with Gasteiger partial charge in [-0.15, -0.1) is 0 Å². The first-order chi connectivity index (χ1) is 13.6. The van der Waals surface area contributed by atoms with Crippen LogP contribution in [0, 0.1) is 0 Å². The van der Waals surface area contributed by atoms with Crippen LogP contribution < -0.4 is 15.4 Å². The smallest absolute Gasteiger partial charge is 0.246 e. The first kappa shape index (κ1) is 19.9. The van der Waals surface area contributed by atoms with E-state index in [1.165, 1.54) is 0 Å². The number of nitrogens with one attached hydrogen (secondary N) is 2. The van der Waals surface area contributed by atoms with Crippen molar-refractivity contribution in [3.8, 4) is 5.75 Å². The number of amides is 1. The topological polar surface area (TPSA) is 50.4 Å². The molecule has 0 unspecified atom stereocenters. The molecule has 3 rings (SSSR count). The van der Waals surface area contributed by atoms with Crippen molar-refractivity contribution in [1.29, 1.82) is 0 Å². The third-order valence-corrected chi connectivity index (χ3v) is 4.83. The molecule has 0 saturated carbocycles. The summed E-state index contributed by atoms with van der Waals surface area (Å²) in [7, 11) is 1.56. The fourth-order valence-corrected chi connectivity index (χ4v) is 3.27. The van der Waals surface area contributed by atoms with Crippen molar-refractivity contribution in [3.63, 3.8) is 0 Å². The van der Waals surface area contributed by atoms with Gasteiger partial charge in [-0.25, -0.2) is 0 Å². The van der Waals surface area contributed by atoms with E-state index in [-0.39, 0.29) is 11.9 Å². The fourth-order valence-electron chi connectivity index (χ4n) is 3.02. The quantitative estimate of drug-likeness (QED) is 0.565. The lowest BCUT2D eigenvalue weighted by atomic mass is 10.0. The summed E-state index contributed by atoms with van der Waals surface area (Å²) in [6.45, 7) is 2.04. The lowest BCUT2D eigenvalue weighted by molar-refractivity contribution is -0.118. The minimum atomic E-state index is -0.516. The molecule has 0 aliphatic heterocycles. The predicted molar refractivity (Wildman–Crippen MR) is 114 cm³/mol. The molecule has 0 aliphatic rings. The predicted octanol–water partition coefficient (Wildman–Crippen LogP) is 5.38. The van der Waals surface area contributed by atoms with Crippen molar-refractivity contribution in [2.24, 2.45) is 0 Å². The van der Waals surface area contributed by atoms with Gasteiger partial charge in [-0.3, -0.25) is 10.1 Å². The zero-order chi connectivity index (χ0) is 19.9. The Bertz CT molecular complexity index is 916. The zero-order valence-corrected chi connectivity index (χ0v) is 16.6. The van der Waals surface area contributed by atoms with Crippen molar-refractivity contribution in [1.82, 2.24) is 5.32 Å². The van der Waals surface area contributed by atoms with Gasteiger partial charge in [0.05, 0.1) is 12.1 Å². The highest BCUT2D eigenvalue weighted by Gasteiger charge is 2.23. The van der Waals surface area contributed by atoms with Crippen molar-refractivity contribution in [2.75, 3.05) is 12.4 Å². The number of rotatable bonds is 7. The second kappa shape index (κ2) is 9.40. The molecule has 0 aliphatic carbocycles. The molecule has 1 amide bonds. The summed E-state index contributed by atoms with van der Waals surface area (Å²) >= 11 is 6.18. The normalized spacial score (nSPS) is 12.8. The van der Waals surface area contributed by atoms with Crippen LogP contribution in [-0.4, -0.2) is 13.0 Å². The molecule has 2 atom stereocenters. The third-order valence-electron chi connectivity index (χ3n) is 4.53. The van der Waals surface area contributed by atoms with E-state index in [0.717, 1.165) is 11.1 Å². The van der Waals surface area contributed by atoms with Crippen LogP contribution in [0.3, 0.4) is 0 Å². The van der Waals surface area contributed by atoms with Gasteiger partial charge in [-0.1, -0.05) is 72.3 Å². The molecule has 5 heteroatoms. The summed E-state index contributed by atoms with van der Waals surface area (Å²) in [5, 5.41) is 6.83. The Labute approximate surface area is 170 Å². The minimum absolute atomic E-state index is 0.00314. The Hall–Kier alpha value is -2.82. The number of anilines is 1. The maximum Gasteiger partial charge on any atom is 0.246 e. The van der Waals surface area contributed by atoms with E-state index < -0.39 is 6.04 Å². The first-order valence-electron chi connectivity index (χ1n) is 9.09. The Balaban J connectivity index is 1.82. The number of ether oxygens (including phenoxy) is 1. The Morgan fingerprint density at radius 1 is 0.929 bits per heavy atom. The SMILES string of the molecule is COc1ccc(NC(=O)[C@H](N[C@H](C)c2ccccc2)c2ccccc2)cc1Cl. The van der Waals surface area contributed by atoms with Crippen molar-refractivity contribution < 1.29 is 9.53 Å². The van der Waals surface area contributed by atoms with E-state index in [1.54, 1.807) is 25.3 Å². The summed E-state index contributed by atoms with van der Waals surface area (Å²) in [6.07, 6.45) is 0.